The standard InChI is InChI=1S/C73H99N19O17S2/c1-38(2)60-71(107)84-49(23-24-57(75)95)64(100)88-53(30-44-32-76-37-80-44)62(98)78-34-59(97)90-61(40(4)93)72(108)81-39(3)73(109)92-26-12-18-56(92)70(106)79-33-58(96)82-54(35-110)68(104)86-50(27-41-13-6-5-7-14-41)65(101)87-52(29-43-31-77-47-16-9-8-15-46(43)47)67(103)83-48(17-10-11-25-74)63(99)85-51(28-42-19-21-45(94)22-20-42)66(102)89-55(36-111)69(105)91-60/h5-9,13-16,19-22,31-32,37-40,48-56,60-61,77,93-94,110-111H,10-12,17-18,23-30,33-36,74H2,1-4H3,(H2,75,95)(H,76,80)(H,78,98)(H,79,106)(H,81,108)(H,82,96)(H,83,103)(H,84,107)(H,85,99)(H,86,104)(H,87,101)(H,88,100)(H,89,102)(H,90,97)(H,91,105)/t39-,40+,48-,49-,50-,51-,52-,53-,54-,55-,56-,60-,61-/m0/s1. The van der Waals surface area contributed by atoms with Crippen LogP contribution in [0, 0.1) is 5.92 Å². The third kappa shape index (κ3) is 26.3. The number of phenolic OH excluding ortho intramolecular Hbond substituents is 1. The largest absolute Gasteiger partial charge is 0.508 e. The zero-order valence-corrected chi connectivity index (χ0v) is 63.6. The fraction of sp³-hybridized carbons (Fsp3) is 0.479. The van der Waals surface area contributed by atoms with Crippen LogP contribution < -0.4 is 80.6 Å². The van der Waals surface area contributed by atoms with Crippen molar-refractivity contribution in [2.24, 2.45) is 17.4 Å². The normalized spacial score (nSPS) is 24.7. The number of imidazole rings is 1. The van der Waals surface area contributed by atoms with E-state index in [1.54, 1.807) is 74.6 Å². The number of nitrogens with one attached hydrogen (secondary N) is 15. The number of carbonyl (C=O) groups excluding carboxylic acids is 15. The van der Waals surface area contributed by atoms with Crippen LogP contribution in [0.3, 0.4) is 0 Å². The summed E-state index contributed by atoms with van der Waals surface area (Å²) in [5.41, 5.74) is 13.9. The second-order valence-electron chi connectivity index (χ2n) is 27.5. The van der Waals surface area contributed by atoms with Crippen molar-refractivity contribution < 1.29 is 82.1 Å². The fourth-order valence-corrected chi connectivity index (χ4v) is 13.0. The SMILES string of the molecule is CC(C)[C@@H]1NC(=O)[C@H](CS)NC(=O)[C@H](Cc2ccc(O)cc2)NC(=O)[C@H](CCCCN)NC(=O)[C@H](Cc2c[nH]c3ccccc23)NC(=O)[C@H](Cc2ccccc2)NC(=O)[C@H](CS)NC(=O)CNC(=O)[C@@H]2CCCN2C(=O)[C@H](C)NC(=O)[C@H]([C@@H](C)O)NC(=O)CNC(=O)[C@H](Cc2cnc[nH]2)NC(=O)[C@H](CCC(N)=O)NC1=O. The number of para-hydroxylation sites is 1. The summed E-state index contributed by atoms with van der Waals surface area (Å²) in [6.07, 6.45) is 1.65. The second kappa shape index (κ2) is 42.7. The Kier molecular flexibility index (Phi) is 33.5. The van der Waals surface area contributed by atoms with Gasteiger partial charge in [0, 0.05) is 79.1 Å². The summed E-state index contributed by atoms with van der Waals surface area (Å²) in [5, 5.41) is 55.0. The Morgan fingerprint density at radius 2 is 1.05 bits per heavy atom. The Hall–Kier alpha value is -11.1. The average Bonchev–Trinajstić information content (AvgIpc) is 1.77. The topological polar surface area (TPSA) is 553 Å². The van der Waals surface area contributed by atoms with Crippen molar-refractivity contribution >= 4 is 125 Å². The van der Waals surface area contributed by atoms with Crippen molar-refractivity contribution in [1.29, 1.82) is 0 Å². The van der Waals surface area contributed by atoms with E-state index < -0.39 is 205 Å². The number of unbranched alkanes of at least 4 members (excludes halogenated alkanes) is 1. The zero-order valence-electron chi connectivity index (χ0n) is 61.8. The molecule has 0 spiro atoms. The van der Waals surface area contributed by atoms with Gasteiger partial charge in [-0.3, -0.25) is 71.9 Å². The van der Waals surface area contributed by atoms with Gasteiger partial charge in [0.1, 0.15) is 78.3 Å². The van der Waals surface area contributed by atoms with E-state index in [1.165, 1.54) is 48.6 Å². The third-order valence-electron chi connectivity index (χ3n) is 18.6. The number of fused-ring (bicyclic) bond motifs is 2. The van der Waals surface area contributed by atoms with Crippen LogP contribution in [0.2, 0.25) is 0 Å². The number of amides is 15. The number of aliphatic hydroxyl groups excluding tert-OH is 1. The van der Waals surface area contributed by atoms with E-state index in [0.29, 0.717) is 40.4 Å². The van der Waals surface area contributed by atoms with Gasteiger partial charge in [-0.1, -0.05) is 74.5 Å². The lowest BCUT2D eigenvalue weighted by molar-refractivity contribution is -0.142. The highest BCUT2D eigenvalue weighted by molar-refractivity contribution is 7.80. The predicted octanol–water partition coefficient (Wildman–Crippen LogP) is -4.25. The number of aromatic nitrogens is 3. The number of rotatable bonds is 19. The van der Waals surface area contributed by atoms with E-state index >= 15 is 14.4 Å². The lowest BCUT2D eigenvalue weighted by Gasteiger charge is -2.29. The molecule has 3 aromatic carbocycles. The number of aromatic amines is 2. The van der Waals surface area contributed by atoms with E-state index in [1.807, 2.05) is 0 Å². The molecule has 36 nitrogen and oxygen atoms in total. The fourth-order valence-electron chi connectivity index (χ4n) is 12.4. The van der Waals surface area contributed by atoms with Gasteiger partial charge in [0.2, 0.25) is 88.6 Å². The molecule has 0 saturated carbocycles. The maximum Gasteiger partial charge on any atom is 0.245 e. The lowest BCUT2D eigenvalue weighted by atomic mass is 10.0. The van der Waals surface area contributed by atoms with Crippen LogP contribution in [0.1, 0.15) is 95.0 Å². The Bertz CT molecular complexity index is 4090. The van der Waals surface area contributed by atoms with Gasteiger partial charge < -0.3 is 106 Å². The first-order valence-corrected chi connectivity index (χ1v) is 37.6. The van der Waals surface area contributed by atoms with Crippen molar-refractivity contribution in [1.82, 2.24) is 89.0 Å². The van der Waals surface area contributed by atoms with Gasteiger partial charge in [-0.05, 0) is 99.7 Å². The van der Waals surface area contributed by atoms with E-state index in [4.69, 9.17) is 11.5 Å². The molecule has 2 saturated heterocycles. The Balaban J connectivity index is 1.23. The van der Waals surface area contributed by atoms with Crippen molar-refractivity contribution in [2.45, 2.75) is 177 Å². The molecule has 2 aromatic heterocycles. The molecule has 2 aliphatic heterocycles. The molecule has 0 aliphatic carbocycles. The highest BCUT2D eigenvalue weighted by Crippen LogP contribution is 2.22. The van der Waals surface area contributed by atoms with Gasteiger partial charge >= 0.3 is 0 Å². The van der Waals surface area contributed by atoms with Gasteiger partial charge in [0.05, 0.1) is 25.5 Å². The van der Waals surface area contributed by atoms with Crippen LogP contribution in [0.25, 0.3) is 10.9 Å². The van der Waals surface area contributed by atoms with Crippen molar-refractivity contribution in [3.63, 3.8) is 0 Å². The Labute approximate surface area is 650 Å². The van der Waals surface area contributed by atoms with Gasteiger partial charge in [-0.25, -0.2) is 4.98 Å². The number of nitrogens with two attached hydrogens (primary N) is 2. The van der Waals surface area contributed by atoms with Crippen LogP contribution in [0.5, 0.6) is 5.75 Å². The number of hydrogen-bond acceptors (Lipinski definition) is 21. The molecule has 2 fully saturated rings. The van der Waals surface area contributed by atoms with E-state index in [9.17, 15) is 67.7 Å². The number of thiol groups is 2. The van der Waals surface area contributed by atoms with Crippen LogP contribution in [0.15, 0.2) is 97.6 Å². The maximum absolute atomic E-state index is 15.2. The molecule has 0 bridgehead atoms. The summed E-state index contributed by atoms with van der Waals surface area (Å²) in [7, 11) is 0. The van der Waals surface area contributed by atoms with Crippen LogP contribution >= 0.6 is 25.3 Å². The monoisotopic (exact) mass is 1580 g/mol. The number of aromatic hydroxyl groups is 1. The van der Waals surface area contributed by atoms with Gasteiger partial charge in [-0.15, -0.1) is 0 Å². The number of carbonyl (C=O) groups is 15. The molecule has 7 rings (SSSR count). The predicted molar refractivity (Wildman–Crippen MR) is 409 cm³/mol. The first kappa shape index (κ1) is 87.1. The molecule has 15 amide bonds. The third-order valence-corrected chi connectivity index (χ3v) is 19.3. The van der Waals surface area contributed by atoms with Crippen molar-refractivity contribution in [2.75, 3.05) is 37.7 Å². The Morgan fingerprint density at radius 1 is 0.541 bits per heavy atom. The molecule has 0 radical (unpaired) electrons. The minimum Gasteiger partial charge on any atom is -0.508 e. The van der Waals surface area contributed by atoms with Gasteiger partial charge in [0.25, 0.3) is 0 Å². The molecule has 5 aromatic rings. The minimum absolute atomic E-state index is 0.0339. The molecular formula is C73H99N19O17S2. The number of nitrogens with zero attached hydrogens (tertiary/aromatic N) is 2. The molecule has 4 heterocycles. The molecule has 2 aliphatic rings. The molecular weight excluding hydrogens is 1480 g/mol. The molecule has 13 atom stereocenters. The zero-order chi connectivity index (χ0) is 81.0. The number of phenols is 1. The average molecular weight is 1580 g/mol. The summed E-state index contributed by atoms with van der Waals surface area (Å²) in [5.74, 6) is -15.7. The molecule has 600 valence electrons. The van der Waals surface area contributed by atoms with Gasteiger partial charge in [-0.2, -0.15) is 25.3 Å². The summed E-state index contributed by atoms with van der Waals surface area (Å²) < 4.78 is 0. The van der Waals surface area contributed by atoms with E-state index in [2.05, 4.69) is 109 Å². The maximum atomic E-state index is 15.2. The van der Waals surface area contributed by atoms with Crippen molar-refractivity contribution in [3.05, 3.63) is 120 Å². The van der Waals surface area contributed by atoms with Crippen LogP contribution in [0.4, 0.5) is 0 Å². The van der Waals surface area contributed by atoms with Crippen LogP contribution in [-0.4, -0.2) is 235 Å². The second-order valence-corrected chi connectivity index (χ2v) is 28.2. The summed E-state index contributed by atoms with van der Waals surface area (Å²) in [6, 6.07) is 3.16. The lowest BCUT2D eigenvalue weighted by Crippen LogP contribution is -2.62. The van der Waals surface area contributed by atoms with Crippen LogP contribution in [-0.2, 0) is 97.6 Å². The number of aliphatic hydroxyl groups is 1. The Morgan fingerprint density at radius 3 is 1.63 bits per heavy atom. The first-order chi connectivity index (χ1) is 53.0. The minimum atomic E-state index is -1.75. The smallest absolute Gasteiger partial charge is 0.245 e. The summed E-state index contributed by atoms with van der Waals surface area (Å²) in [4.78, 5) is 224. The van der Waals surface area contributed by atoms with E-state index in [0.717, 1.165) is 6.92 Å². The quantitative estimate of drug-likeness (QED) is 0.0275. The molecule has 21 N–H and O–H groups in total. The molecule has 0 unspecified atom stereocenters. The number of benzene rings is 3. The number of primary amides is 1. The van der Waals surface area contributed by atoms with E-state index in [-0.39, 0.29) is 75.2 Å². The van der Waals surface area contributed by atoms with Gasteiger partial charge in [0.15, 0.2) is 0 Å². The number of hydrogen-bond donors (Lipinski definition) is 21. The number of H-pyrrole nitrogens is 2. The molecule has 111 heavy (non-hydrogen) atoms. The highest BCUT2D eigenvalue weighted by atomic mass is 32.1. The van der Waals surface area contributed by atoms with Crippen molar-refractivity contribution in [3.8, 4) is 5.75 Å². The summed E-state index contributed by atoms with van der Waals surface area (Å²) in [6.45, 7) is 4.15. The molecule has 38 heteroatoms. The first-order valence-electron chi connectivity index (χ1n) is 36.4. The highest BCUT2D eigenvalue weighted by Gasteiger charge is 2.40. The summed E-state index contributed by atoms with van der Waals surface area (Å²) >= 11 is 8.71.